The highest BCUT2D eigenvalue weighted by molar-refractivity contribution is 6.03. The Balaban J connectivity index is 0.00000264. The molecule has 0 aliphatic rings. The van der Waals surface area contributed by atoms with Crippen LogP contribution >= 0.6 is 12.4 Å². The maximum Gasteiger partial charge on any atom is 0.340 e. The van der Waals surface area contributed by atoms with E-state index in [1.807, 2.05) is 13.8 Å². The summed E-state index contributed by atoms with van der Waals surface area (Å²) in [6.45, 7) is 3.89. The van der Waals surface area contributed by atoms with E-state index in [0.717, 1.165) is 6.42 Å². The fourth-order valence-electron chi connectivity index (χ4n) is 2.08. The van der Waals surface area contributed by atoms with Crippen LogP contribution in [0.25, 0.3) is 11.0 Å². The van der Waals surface area contributed by atoms with Crippen molar-refractivity contribution >= 4 is 41.3 Å². The van der Waals surface area contributed by atoms with Crippen molar-refractivity contribution in [1.82, 2.24) is 9.97 Å². The summed E-state index contributed by atoms with van der Waals surface area (Å²) in [4.78, 5) is 31.0. The predicted octanol–water partition coefficient (Wildman–Crippen LogP) is 2.08. The van der Waals surface area contributed by atoms with Gasteiger partial charge in [-0.25, -0.2) is 9.78 Å². The molecule has 126 valence electrons. The molecule has 1 aromatic carbocycles. The van der Waals surface area contributed by atoms with Crippen molar-refractivity contribution in [2.75, 3.05) is 12.4 Å². The van der Waals surface area contributed by atoms with Crippen molar-refractivity contribution in [2.45, 2.75) is 26.3 Å². The smallest absolute Gasteiger partial charge is 0.340 e. The number of carbonyl (C=O) groups is 2. The van der Waals surface area contributed by atoms with Crippen LogP contribution in [0, 0.1) is 5.92 Å². The maximum atomic E-state index is 12.1. The number of H-pyrrole nitrogens is 1. The third kappa shape index (κ3) is 4.00. The van der Waals surface area contributed by atoms with Crippen molar-refractivity contribution in [2.24, 2.45) is 11.7 Å². The Hall–Kier alpha value is -2.12. The topological polar surface area (TPSA) is 110 Å². The van der Waals surface area contributed by atoms with Gasteiger partial charge in [-0.2, -0.15) is 0 Å². The van der Waals surface area contributed by atoms with Crippen LogP contribution in [0.5, 0.6) is 0 Å². The molecule has 2 rings (SSSR count). The van der Waals surface area contributed by atoms with Gasteiger partial charge >= 0.3 is 5.97 Å². The number of amides is 1. The summed E-state index contributed by atoms with van der Waals surface area (Å²) in [6, 6.07) is 4.48. The highest BCUT2D eigenvalue weighted by Gasteiger charge is 2.21. The Bertz CT molecular complexity index is 701. The first kappa shape index (κ1) is 18.9. The second-order valence-corrected chi connectivity index (χ2v) is 5.18. The Labute approximate surface area is 140 Å². The molecule has 1 heterocycles. The van der Waals surface area contributed by atoms with Crippen LogP contribution in [0.3, 0.4) is 0 Å². The largest absolute Gasteiger partial charge is 0.465 e. The molecule has 1 aromatic heterocycles. The van der Waals surface area contributed by atoms with Gasteiger partial charge in [0.2, 0.25) is 11.9 Å². The lowest BCUT2D eigenvalue weighted by molar-refractivity contribution is -0.118. The van der Waals surface area contributed by atoms with Gasteiger partial charge < -0.3 is 15.5 Å². The van der Waals surface area contributed by atoms with Crippen molar-refractivity contribution in [1.29, 1.82) is 0 Å². The highest BCUT2D eigenvalue weighted by Crippen LogP contribution is 2.19. The fraction of sp³-hybridized carbons (Fsp3) is 0.400. The summed E-state index contributed by atoms with van der Waals surface area (Å²) >= 11 is 0. The van der Waals surface area contributed by atoms with E-state index < -0.39 is 12.0 Å². The number of aromatic nitrogens is 2. The number of fused-ring (bicyclic) bond motifs is 1. The lowest BCUT2D eigenvalue weighted by Gasteiger charge is -2.16. The molecule has 0 spiro atoms. The number of esters is 1. The number of rotatable bonds is 5. The van der Waals surface area contributed by atoms with Gasteiger partial charge in [0, 0.05) is 0 Å². The molecule has 0 aliphatic heterocycles. The number of imidazole rings is 1. The van der Waals surface area contributed by atoms with E-state index in [2.05, 4.69) is 15.3 Å². The van der Waals surface area contributed by atoms with E-state index in [1.54, 1.807) is 18.2 Å². The quantitative estimate of drug-likeness (QED) is 0.722. The molecular formula is C15H21ClN4O3. The van der Waals surface area contributed by atoms with Crippen LogP contribution in [-0.4, -0.2) is 35.0 Å². The third-order valence-corrected chi connectivity index (χ3v) is 3.72. The SMILES string of the molecule is CCC(C)C(N)C(=O)Nc1nc2c(C(=O)OC)cccc2[nH]1.Cl. The lowest BCUT2D eigenvalue weighted by Crippen LogP contribution is -2.40. The number of methoxy groups -OCH3 is 1. The second-order valence-electron chi connectivity index (χ2n) is 5.18. The van der Waals surface area contributed by atoms with Gasteiger partial charge in [-0.05, 0) is 18.1 Å². The van der Waals surface area contributed by atoms with Crippen LogP contribution < -0.4 is 11.1 Å². The minimum absolute atomic E-state index is 0. The van der Waals surface area contributed by atoms with E-state index in [1.165, 1.54) is 7.11 Å². The number of hydrogen-bond donors (Lipinski definition) is 3. The molecule has 2 atom stereocenters. The number of aromatic amines is 1. The van der Waals surface area contributed by atoms with E-state index in [-0.39, 0.29) is 30.2 Å². The average Bonchev–Trinajstić information content (AvgIpc) is 2.94. The van der Waals surface area contributed by atoms with Gasteiger partial charge in [0.05, 0.1) is 24.2 Å². The summed E-state index contributed by atoms with van der Waals surface area (Å²) in [7, 11) is 1.31. The molecule has 0 saturated carbocycles. The minimum Gasteiger partial charge on any atom is -0.465 e. The van der Waals surface area contributed by atoms with E-state index >= 15 is 0 Å². The molecule has 2 aromatic rings. The molecule has 0 saturated heterocycles. The highest BCUT2D eigenvalue weighted by atomic mass is 35.5. The zero-order valence-corrected chi connectivity index (χ0v) is 14.1. The van der Waals surface area contributed by atoms with Gasteiger partial charge in [-0.1, -0.05) is 26.3 Å². The van der Waals surface area contributed by atoms with Gasteiger partial charge in [0.15, 0.2) is 0 Å². The predicted molar refractivity (Wildman–Crippen MR) is 90.7 cm³/mol. The molecule has 4 N–H and O–H groups in total. The Morgan fingerprint density at radius 2 is 2.13 bits per heavy atom. The van der Waals surface area contributed by atoms with Crippen LogP contribution in [0.4, 0.5) is 5.95 Å². The number of carbonyl (C=O) groups excluding carboxylic acids is 2. The van der Waals surface area contributed by atoms with Crippen molar-refractivity contribution in [3.05, 3.63) is 23.8 Å². The molecular weight excluding hydrogens is 320 g/mol. The number of nitrogens with zero attached hydrogens (tertiary/aromatic N) is 1. The third-order valence-electron chi connectivity index (χ3n) is 3.72. The molecule has 2 unspecified atom stereocenters. The van der Waals surface area contributed by atoms with Crippen LogP contribution in [-0.2, 0) is 9.53 Å². The first-order chi connectivity index (χ1) is 10.5. The van der Waals surface area contributed by atoms with Crippen molar-refractivity contribution in [3.8, 4) is 0 Å². The van der Waals surface area contributed by atoms with Gasteiger partial charge in [-0.15, -0.1) is 12.4 Å². The van der Waals surface area contributed by atoms with Crippen LogP contribution in [0.2, 0.25) is 0 Å². The fourth-order valence-corrected chi connectivity index (χ4v) is 2.08. The zero-order chi connectivity index (χ0) is 16.3. The normalized spacial score (nSPS) is 13.0. The zero-order valence-electron chi connectivity index (χ0n) is 13.3. The summed E-state index contributed by atoms with van der Waals surface area (Å²) < 4.78 is 4.72. The first-order valence-corrected chi connectivity index (χ1v) is 7.11. The van der Waals surface area contributed by atoms with Gasteiger partial charge in [-0.3, -0.25) is 10.1 Å². The number of ether oxygens (including phenoxy) is 1. The van der Waals surface area contributed by atoms with E-state index in [9.17, 15) is 9.59 Å². The number of anilines is 1. The minimum atomic E-state index is -0.613. The number of para-hydroxylation sites is 1. The first-order valence-electron chi connectivity index (χ1n) is 7.11. The van der Waals surface area contributed by atoms with Gasteiger partial charge in [0.1, 0.15) is 5.52 Å². The molecule has 23 heavy (non-hydrogen) atoms. The maximum absolute atomic E-state index is 12.1. The Kier molecular flexibility index (Phi) is 6.53. The number of benzene rings is 1. The monoisotopic (exact) mass is 340 g/mol. The molecule has 7 nitrogen and oxygen atoms in total. The number of nitrogens with two attached hydrogens (primary N) is 1. The number of nitrogens with one attached hydrogen (secondary N) is 2. The number of hydrogen-bond acceptors (Lipinski definition) is 5. The van der Waals surface area contributed by atoms with Gasteiger partial charge in [0.25, 0.3) is 0 Å². The second kappa shape index (κ2) is 7.94. The number of halogens is 1. The molecule has 0 aliphatic carbocycles. The molecule has 1 amide bonds. The molecule has 0 radical (unpaired) electrons. The molecule has 0 bridgehead atoms. The standard InChI is InChI=1S/C15H20N4O3.ClH/c1-4-8(2)11(16)13(20)19-15-17-10-7-5-6-9(12(10)18-15)14(21)22-3;/h5-8,11H,4,16H2,1-3H3,(H2,17,18,19,20);1H. The molecule has 0 fully saturated rings. The van der Waals surface area contributed by atoms with Crippen LogP contribution in [0.1, 0.15) is 30.6 Å². The summed E-state index contributed by atoms with van der Waals surface area (Å²) in [5, 5.41) is 2.65. The van der Waals surface area contributed by atoms with Crippen molar-refractivity contribution in [3.63, 3.8) is 0 Å². The van der Waals surface area contributed by atoms with Crippen molar-refractivity contribution < 1.29 is 14.3 Å². The van der Waals surface area contributed by atoms with E-state index in [4.69, 9.17) is 10.5 Å². The summed E-state index contributed by atoms with van der Waals surface area (Å²) in [5.74, 6) is -0.468. The van der Waals surface area contributed by atoms with E-state index in [0.29, 0.717) is 16.6 Å². The molecule has 8 heteroatoms. The Morgan fingerprint density at radius 1 is 1.43 bits per heavy atom. The van der Waals surface area contributed by atoms with Crippen LogP contribution in [0.15, 0.2) is 18.2 Å². The Morgan fingerprint density at radius 3 is 2.74 bits per heavy atom. The average molecular weight is 341 g/mol. The summed E-state index contributed by atoms with van der Waals surface area (Å²) in [6.07, 6.45) is 0.807. The summed E-state index contributed by atoms with van der Waals surface area (Å²) in [5.41, 5.74) is 7.30. The lowest BCUT2D eigenvalue weighted by atomic mass is 10.00.